The van der Waals surface area contributed by atoms with Crippen LogP contribution in [-0.4, -0.2) is 5.78 Å². The van der Waals surface area contributed by atoms with Gasteiger partial charge < -0.3 is 4.74 Å². The number of halogens is 3. The Hall–Kier alpha value is -1.58. The van der Waals surface area contributed by atoms with Crippen molar-refractivity contribution in [1.82, 2.24) is 0 Å². The molecule has 1 aliphatic heterocycles. The highest BCUT2D eigenvalue weighted by Crippen LogP contribution is 2.36. The summed E-state index contributed by atoms with van der Waals surface area (Å²) in [5.74, 6) is -0.137. The van der Waals surface area contributed by atoms with Gasteiger partial charge in [0.1, 0.15) is 17.7 Å². The maximum atomic E-state index is 13.5. The Balaban J connectivity index is 1.97. The summed E-state index contributed by atoms with van der Waals surface area (Å²) in [7, 11) is 0. The minimum Gasteiger partial charge on any atom is -0.484 e. The molecule has 0 spiro atoms. The van der Waals surface area contributed by atoms with E-state index >= 15 is 0 Å². The fraction of sp³-hybridized carbons (Fsp3) is 0.133. The van der Waals surface area contributed by atoms with E-state index in [-0.39, 0.29) is 17.2 Å². The van der Waals surface area contributed by atoms with Gasteiger partial charge in [0.15, 0.2) is 5.78 Å². The Morgan fingerprint density at radius 3 is 2.70 bits per heavy atom. The Kier molecular flexibility index (Phi) is 3.40. The van der Waals surface area contributed by atoms with Crippen molar-refractivity contribution in [2.75, 3.05) is 0 Å². The van der Waals surface area contributed by atoms with E-state index in [9.17, 15) is 9.18 Å². The van der Waals surface area contributed by atoms with Gasteiger partial charge in [0.25, 0.3) is 0 Å². The van der Waals surface area contributed by atoms with Crippen molar-refractivity contribution in [2.24, 2.45) is 0 Å². The third kappa shape index (κ3) is 2.39. The van der Waals surface area contributed by atoms with Crippen LogP contribution in [0.5, 0.6) is 5.75 Å². The summed E-state index contributed by atoms with van der Waals surface area (Å²) >= 11 is 11.5. The van der Waals surface area contributed by atoms with Gasteiger partial charge in [-0.05, 0) is 35.9 Å². The highest BCUT2D eigenvalue weighted by atomic mass is 35.5. The average Bonchev–Trinajstić information content (AvgIpc) is 2.42. The summed E-state index contributed by atoms with van der Waals surface area (Å²) < 4.78 is 19.2. The van der Waals surface area contributed by atoms with Gasteiger partial charge in [-0.15, -0.1) is 0 Å². The molecule has 0 fully saturated rings. The van der Waals surface area contributed by atoms with Crippen LogP contribution in [0.2, 0.25) is 10.0 Å². The molecule has 1 heterocycles. The van der Waals surface area contributed by atoms with Crippen LogP contribution in [0.25, 0.3) is 0 Å². The molecule has 0 aliphatic carbocycles. The van der Waals surface area contributed by atoms with Gasteiger partial charge in [0.2, 0.25) is 0 Å². The van der Waals surface area contributed by atoms with Crippen molar-refractivity contribution in [1.29, 1.82) is 0 Å². The molecule has 2 aromatic carbocycles. The third-order valence-electron chi connectivity index (χ3n) is 3.20. The van der Waals surface area contributed by atoms with E-state index < -0.39 is 11.9 Å². The van der Waals surface area contributed by atoms with Gasteiger partial charge in [0.05, 0.1) is 17.0 Å². The van der Waals surface area contributed by atoms with E-state index in [4.69, 9.17) is 27.9 Å². The molecule has 0 bridgehead atoms. The van der Waals surface area contributed by atoms with E-state index in [1.54, 1.807) is 24.3 Å². The zero-order valence-corrected chi connectivity index (χ0v) is 11.7. The standard InChI is InChI=1S/C15H9Cl2FO2/c16-9-2-4-14-10(6-9)13(19)7-15(20-14)8-1-3-11(17)12(18)5-8/h1-6,15H,7H2. The molecule has 1 atom stereocenters. The predicted molar refractivity (Wildman–Crippen MR) is 75.2 cm³/mol. The van der Waals surface area contributed by atoms with E-state index in [0.29, 0.717) is 21.9 Å². The van der Waals surface area contributed by atoms with Crippen LogP contribution < -0.4 is 4.74 Å². The number of hydrogen-bond acceptors (Lipinski definition) is 2. The van der Waals surface area contributed by atoms with Gasteiger partial charge in [0, 0.05) is 5.02 Å². The Morgan fingerprint density at radius 1 is 1.15 bits per heavy atom. The van der Waals surface area contributed by atoms with Gasteiger partial charge in [-0.2, -0.15) is 0 Å². The lowest BCUT2D eigenvalue weighted by Gasteiger charge is -2.25. The first-order chi connectivity index (χ1) is 9.54. The Bertz CT molecular complexity index is 700. The van der Waals surface area contributed by atoms with Crippen molar-refractivity contribution >= 4 is 29.0 Å². The summed E-state index contributed by atoms with van der Waals surface area (Å²) in [4.78, 5) is 12.1. The molecule has 20 heavy (non-hydrogen) atoms. The van der Waals surface area contributed by atoms with Crippen LogP contribution >= 0.6 is 23.2 Å². The van der Waals surface area contributed by atoms with E-state index in [0.717, 1.165) is 0 Å². The zero-order chi connectivity index (χ0) is 14.3. The van der Waals surface area contributed by atoms with Crippen molar-refractivity contribution in [3.63, 3.8) is 0 Å². The molecule has 0 saturated heterocycles. The number of Topliss-reactive ketones (excluding diaryl/α,β-unsaturated/α-hetero) is 1. The minimum absolute atomic E-state index is 0.0445. The second-order valence-electron chi connectivity index (χ2n) is 4.55. The number of ether oxygens (including phenoxy) is 1. The fourth-order valence-electron chi connectivity index (χ4n) is 2.19. The van der Waals surface area contributed by atoms with Crippen molar-refractivity contribution in [3.8, 4) is 5.75 Å². The second kappa shape index (κ2) is 5.08. The van der Waals surface area contributed by atoms with Gasteiger partial charge in [-0.25, -0.2) is 4.39 Å². The monoisotopic (exact) mass is 310 g/mol. The van der Waals surface area contributed by atoms with Gasteiger partial charge in [-0.3, -0.25) is 4.79 Å². The molecule has 1 aliphatic rings. The number of carbonyl (C=O) groups excluding carboxylic acids is 1. The Morgan fingerprint density at radius 2 is 1.95 bits per heavy atom. The zero-order valence-electron chi connectivity index (χ0n) is 10.2. The van der Waals surface area contributed by atoms with Crippen LogP contribution in [0, 0.1) is 5.82 Å². The molecule has 5 heteroatoms. The van der Waals surface area contributed by atoms with Crippen molar-refractivity contribution in [3.05, 3.63) is 63.4 Å². The molecule has 3 rings (SSSR count). The molecule has 0 saturated carbocycles. The maximum Gasteiger partial charge on any atom is 0.170 e. The maximum absolute atomic E-state index is 13.5. The largest absolute Gasteiger partial charge is 0.484 e. The highest BCUT2D eigenvalue weighted by Gasteiger charge is 2.28. The molecule has 1 unspecified atom stereocenters. The number of benzene rings is 2. The molecular formula is C15H9Cl2FO2. The van der Waals surface area contributed by atoms with Crippen molar-refractivity contribution < 1.29 is 13.9 Å². The van der Waals surface area contributed by atoms with Crippen LogP contribution in [0.3, 0.4) is 0 Å². The van der Waals surface area contributed by atoms with Crippen LogP contribution in [0.1, 0.15) is 28.4 Å². The number of fused-ring (bicyclic) bond motifs is 1. The summed E-state index contributed by atoms with van der Waals surface area (Å²) in [6.45, 7) is 0. The predicted octanol–water partition coefficient (Wildman–Crippen LogP) is 4.84. The van der Waals surface area contributed by atoms with Gasteiger partial charge >= 0.3 is 0 Å². The van der Waals surface area contributed by atoms with E-state index in [1.165, 1.54) is 12.1 Å². The van der Waals surface area contributed by atoms with E-state index in [1.807, 2.05) is 0 Å². The molecule has 0 N–H and O–H groups in total. The van der Waals surface area contributed by atoms with Crippen molar-refractivity contribution in [2.45, 2.75) is 12.5 Å². The normalized spacial score (nSPS) is 17.6. The van der Waals surface area contributed by atoms with E-state index in [2.05, 4.69) is 0 Å². The molecule has 102 valence electrons. The van der Waals surface area contributed by atoms with Crippen LogP contribution in [0.15, 0.2) is 36.4 Å². The molecular weight excluding hydrogens is 302 g/mol. The number of rotatable bonds is 1. The molecule has 0 amide bonds. The third-order valence-corrected chi connectivity index (χ3v) is 3.74. The molecule has 2 nitrogen and oxygen atoms in total. The summed E-state index contributed by atoms with van der Waals surface area (Å²) in [6, 6.07) is 9.29. The highest BCUT2D eigenvalue weighted by molar-refractivity contribution is 6.31. The lowest BCUT2D eigenvalue weighted by Crippen LogP contribution is -2.20. The first-order valence-corrected chi connectivity index (χ1v) is 6.74. The number of carbonyl (C=O) groups is 1. The van der Waals surface area contributed by atoms with Gasteiger partial charge in [-0.1, -0.05) is 29.3 Å². The number of ketones is 1. The lowest BCUT2D eigenvalue weighted by molar-refractivity contribution is 0.0849. The first kappa shape index (κ1) is 13.4. The number of hydrogen-bond donors (Lipinski definition) is 0. The van der Waals surface area contributed by atoms with Crippen LogP contribution in [0.4, 0.5) is 4.39 Å². The topological polar surface area (TPSA) is 26.3 Å². The molecule has 2 aromatic rings. The quantitative estimate of drug-likeness (QED) is 0.753. The fourth-order valence-corrected chi connectivity index (χ4v) is 2.48. The smallest absolute Gasteiger partial charge is 0.170 e. The Labute approximate surface area is 125 Å². The van der Waals surface area contributed by atoms with Crippen LogP contribution in [-0.2, 0) is 0 Å². The summed E-state index contributed by atoms with van der Waals surface area (Å²) in [6.07, 6.45) is -0.364. The average molecular weight is 311 g/mol. The minimum atomic E-state index is -0.526. The molecule has 0 radical (unpaired) electrons. The summed E-state index contributed by atoms with van der Waals surface area (Å²) in [5, 5.41) is 0.528. The molecule has 0 aromatic heterocycles. The summed E-state index contributed by atoms with van der Waals surface area (Å²) in [5.41, 5.74) is 1.05. The first-order valence-electron chi connectivity index (χ1n) is 5.99. The second-order valence-corrected chi connectivity index (χ2v) is 5.39. The SMILES string of the molecule is O=C1CC(c2ccc(Cl)c(F)c2)Oc2ccc(Cl)cc21. The lowest BCUT2D eigenvalue weighted by atomic mass is 9.96.